The smallest absolute Gasteiger partial charge is 0.251 e. The van der Waals surface area contributed by atoms with Crippen LogP contribution in [0, 0.1) is 5.41 Å². The van der Waals surface area contributed by atoms with Crippen molar-refractivity contribution < 1.29 is 9.90 Å². The summed E-state index contributed by atoms with van der Waals surface area (Å²) in [7, 11) is 0. The van der Waals surface area contributed by atoms with Crippen LogP contribution in [0.25, 0.3) is 0 Å². The molecule has 0 fully saturated rings. The van der Waals surface area contributed by atoms with Crippen LogP contribution in [0.5, 0.6) is 0 Å². The molecule has 0 radical (unpaired) electrons. The number of benzene rings is 1. The number of carbonyl (C=O) groups is 1. The fourth-order valence-electron chi connectivity index (χ4n) is 2.52. The summed E-state index contributed by atoms with van der Waals surface area (Å²) in [5, 5.41) is 12.3. The van der Waals surface area contributed by atoms with E-state index in [1.165, 1.54) is 0 Å². The molecule has 5 heteroatoms. The minimum atomic E-state index is -0.229. The minimum Gasteiger partial charge on any atom is -0.394 e. The highest BCUT2D eigenvalue weighted by atomic mass is 16.3. The summed E-state index contributed by atoms with van der Waals surface area (Å²) in [6, 6.07) is 7.27. The summed E-state index contributed by atoms with van der Waals surface area (Å²) in [5.41, 5.74) is 1.76. The number of imidazole rings is 1. The zero-order valence-corrected chi connectivity index (χ0v) is 14.0. The van der Waals surface area contributed by atoms with Gasteiger partial charge in [0.1, 0.15) is 0 Å². The minimum absolute atomic E-state index is 0.0509. The van der Waals surface area contributed by atoms with Crippen LogP contribution in [0.15, 0.2) is 43.0 Å². The highest BCUT2D eigenvalue weighted by Gasteiger charge is 2.20. The second-order valence-corrected chi connectivity index (χ2v) is 7.05. The van der Waals surface area contributed by atoms with E-state index in [-0.39, 0.29) is 24.0 Å². The first-order chi connectivity index (χ1) is 10.9. The maximum Gasteiger partial charge on any atom is 0.251 e. The van der Waals surface area contributed by atoms with Crippen LogP contribution in [-0.4, -0.2) is 33.2 Å². The third kappa shape index (κ3) is 5.53. The average molecular weight is 315 g/mol. The van der Waals surface area contributed by atoms with Crippen molar-refractivity contribution in [2.45, 2.75) is 39.8 Å². The Morgan fingerprint density at radius 3 is 2.52 bits per heavy atom. The summed E-state index contributed by atoms with van der Waals surface area (Å²) >= 11 is 0. The predicted octanol–water partition coefficient (Wildman–Crippen LogP) is 2.46. The average Bonchev–Trinajstić information content (AvgIpc) is 2.98. The molecule has 1 atom stereocenters. The predicted molar refractivity (Wildman–Crippen MR) is 90.2 cm³/mol. The Bertz CT molecular complexity index is 613. The SMILES string of the molecule is CC(C)(C)CC(CO)NC(=O)c1ccc(Cn2ccnc2)cc1. The molecule has 0 aliphatic heterocycles. The number of aromatic nitrogens is 2. The molecule has 0 saturated heterocycles. The molecule has 1 heterocycles. The monoisotopic (exact) mass is 315 g/mol. The lowest BCUT2D eigenvalue weighted by molar-refractivity contribution is 0.0897. The largest absolute Gasteiger partial charge is 0.394 e. The van der Waals surface area contributed by atoms with Crippen molar-refractivity contribution in [1.29, 1.82) is 0 Å². The van der Waals surface area contributed by atoms with Gasteiger partial charge in [-0.25, -0.2) is 4.98 Å². The van der Waals surface area contributed by atoms with E-state index >= 15 is 0 Å². The molecule has 0 spiro atoms. The first kappa shape index (κ1) is 17.2. The maximum absolute atomic E-state index is 12.3. The second-order valence-electron chi connectivity index (χ2n) is 7.05. The molecule has 2 aromatic rings. The quantitative estimate of drug-likeness (QED) is 0.860. The van der Waals surface area contributed by atoms with Crippen molar-refractivity contribution in [3.05, 3.63) is 54.1 Å². The highest BCUT2D eigenvalue weighted by Crippen LogP contribution is 2.20. The molecule has 1 unspecified atom stereocenters. The summed E-state index contributed by atoms with van der Waals surface area (Å²) in [5.74, 6) is -0.150. The van der Waals surface area contributed by atoms with Gasteiger partial charge in [-0.2, -0.15) is 0 Å². The van der Waals surface area contributed by atoms with Crippen LogP contribution < -0.4 is 5.32 Å². The maximum atomic E-state index is 12.3. The van der Waals surface area contributed by atoms with Gasteiger partial charge >= 0.3 is 0 Å². The number of nitrogens with zero attached hydrogens (tertiary/aromatic N) is 2. The van der Waals surface area contributed by atoms with E-state index in [9.17, 15) is 9.90 Å². The van der Waals surface area contributed by atoms with E-state index in [0.29, 0.717) is 5.56 Å². The molecule has 23 heavy (non-hydrogen) atoms. The Labute approximate surface area is 137 Å². The number of amides is 1. The van der Waals surface area contributed by atoms with Crippen LogP contribution in [0.3, 0.4) is 0 Å². The summed E-state index contributed by atoms with van der Waals surface area (Å²) in [6.07, 6.45) is 6.14. The molecule has 1 aromatic heterocycles. The molecule has 0 aliphatic rings. The summed E-state index contributed by atoms with van der Waals surface area (Å²) in [6.45, 7) is 6.94. The lowest BCUT2D eigenvalue weighted by Crippen LogP contribution is -2.40. The normalized spacial score (nSPS) is 12.9. The summed E-state index contributed by atoms with van der Waals surface area (Å²) in [4.78, 5) is 16.3. The molecule has 5 nitrogen and oxygen atoms in total. The van der Waals surface area contributed by atoms with Gasteiger partial charge in [-0.3, -0.25) is 4.79 Å². The van der Waals surface area contributed by atoms with Gasteiger partial charge in [-0.1, -0.05) is 32.9 Å². The van der Waals surface area contributed by atoms with Crippen molar-refractivity contribution in [2.75, 3.05) is 6.61 Å². The molecule has 1 amide bonds. The molecule has 2 rings (SSSR count). The zero-order valence-electron chi connectivity index (χ0n) is 14.0. The van der Waals surface area contributed by atoms with Crippen LogP contribution in [0.2, 0.25) is 0 Å². The lowest BCUT2D eigenvalue weighted by Gasteiger charge is -2.25. The molecular weight excluding hydrogens is 290 g/mol. The number of hydrogen-bond donors (Lipinski definition) is 2. The van der Waals surface area contributed by atoms with E-state index in [0.717, 1.165) is 18.5 Å². The van der Waals surface area contributed by atoms with E-state index in [1.807, 2.05) is 35.0 Å². The molecule has 1 aromatic carbocycles. The Morgan fingerprint density at radius 1 is 1.30 bits per heavy atom. The number of hydrogen-bond acceptors (Lipinski definition) is 3. The van der Waals surface area contributed by atoms with Crippen molar-refractivity contribution in [3.8, 4) is 0 Å². The first-order valence-corrected chi connectivity index (χ1v) is 7.84. The van der Waals surface area contributed by atoms with E-state index in [2.05, 4.69) is 31.1 Å². The van der Waals surface area contributed by atoms with Crippen LogP contribution in [-0.2, 0) is 6.54 Å². The van der Waals surface area contributed by atoms with Gasteiger partial charge in [0.25, 0.3) is 5.91 Å². The Kier molecular flexibility index (Phi) is 5.55. The number of rotatable bonds is 6. The fourth-order valence-corrected chi connectivity index (χ4v) is 2.52. The Balaban J connectivity index is 1.96. The number of nitrogens with one attached hydrogen (secondary N) is 1. The lowest BCUT2D eigenvalue weighted by atomic mass is 9.88. The zero-order chi connectivity index (χ0) is 16.9. The van der Waals surface area contributed by atoms with Gasteiger partial charge in [0, 0.05) is 24.5 Å². The van der Waals surface area contributed by atoms with Crippen molar-refractivity contribution >= 4 is 5.91 Å². The van der Waals surface area contributed by atoms with Gasteiger partial charge in [0.15, 0.2) is 0 Å². The molecule has 2 N–H and O–H groups in total. The second kappa shape index (κ2) is 7.42. The van der Waals surface area contributed by atoms with Crippen molar-refractivity contribution in [2.24, 2.45) is 5.41 Å². The van der Waals surface area contributed by atoms with Crippen molar-refractivity contribution in [1.82, 2.24) is 14.9 Å². The van der Waals surface area contributed by atoms with E-state index in [1.54, 1.807) is 12.5 Å². The van der Waals surface area contributed by atoms with Crippen LogP contribution in [0.1, 0.15) is 43.1 Å². The highest BCUT2D eigenvalue weighted by molar-refractivity contribution is 5.94. The van der Waals surface area contributed by atoms with Crippen molar-refractivity contribution in [3.63, 3.8) is 0 Å². The van der Waals surface area contributed by atoms with E-state index in [4.69, 9.17) is 0 Å². The Hall–Kier alpha value is -2.14. The Morgan fingerprint density at radius 2 is 2.00 bits per heavy atom. The fraction of sp³-hybridized carbons (Fsp3) is 0.444. The molecule has 0 aliphatic carbocycles. The van der Waals surface area contributed by atoms with Gasteiger partial charge in [-0.05, 0) is 29.5 Å². The first-order valence-electron chi connectivity index (χ1n) is 7.84. The topological polar surface area (TPSA) is 67.2 Å². The molecule has 0 saturated carbocycles. The van der Waals surface area contributed by atoms with Crippen LogP contribution >= 0.6 is 0 Å². The number of aliphatic hydroxyl groups excluding tert-OH is 1. The molecule has 124 valence electrons. The summed E-state index contributed by atoms with van der Waals surface area (Å²) < 4.78 is 1.97. The third-order valence-corrected chi connectivity index (χ3v) is 3.55. The molecule has 0 bridgehead atoms. The van der Waals surface area contributed by atoms with Gasteiger partial charge in [0.05, 0.1) is 19.0 Å². The standard InChI is InChI=1S/C18H25N3O2/c1-18(2,3)10-16(12-22)20-17(23)15-6-4-14(5-7-15)11-21-9-8-19-13-21/h4-9,13,16,22H,10-12H2,1-3H3,(H,20,23). The van der Waals surface area contributed by atoms with Gasteiger partial charge in [0.2, 0.25) is 0 Å². The van der Waals surface area contributed by atoms with E-state index < -0.39 is 0 Å². The van der Waals surface area contributed by atoms with Crippen LogP contribution in [0.4, 0.5) is 0 Å². The van der Waals surface area contributed by atoms with Gasteiger partial charge in [-0.15, -0.1) is 0 Å². The van der Waals surface area contributed by atoms with Gasteiger partial charge < -0.3 is 15.0 Å². The third-order valence-electron chi connectivity index (χ3n) is 3.55. The number of carbonyl (C=O) groups excluding carboxylic acids is 1. The molecular formula is C18H25N3O2. The number of aliphatic hydroxyl groups is 1.